The van der Waals surface area contributed by atoms with Crippen molar-refractivity contribution in [3.63, 3.8) is 0 Å². The van der Waals surface area contributed by atoms with Crippen molar-refractivity contribution in [1.29, 1.82) is 5.26 Å². The van der Waals surface area contributed by atoms with Gasteiger partial charge in [0.25, 0.3) is 0 Å². The van der Waals surface area contributed by atoms with E-state index < -0.39 is 5.60 Å². The molecule has 1 saturated heterocycles. The van der Waals surface area contributed by atoms with Crippen molar-refractivity contribution in [2.45, 2.75) is 59.5 Å². The summed E-state index contributed by atoms with van der Waals surface area (Å²) in [5, 5.41) is 11.4. The van der Waals surface area contributed by atoms with Crippen LogP contribution in [-0.4, -0.2) is 42.1 Å². The third-order valence-electron chi connectivity index (χ3n) is 4.38. The third kappa shape index (κ3) is 7.20. The average molecular weight is 337 g/mol. The molecule has 0 saturated carbocycles. The minimum absolute atomic E-state index is 0.132. The predicted octanol–water partition coefficient (Wildman–Crippen LogP) is 2.94. The van der Waals surface area contributed by atoms with Crippen molar-refractivity contribution in [1.82, 2.24) is 10.2 Å². The first-order valence-electron chi connectivity index (χ1n) is 8.74. The van der Waals surface area contributed by atoms with E-state index in [9.17, 15) is 9.59 Å². The van der Waals surface area contributed by atoms with Gasteiger partial charge in [-0.2, -0.15) is 5.26 Å². The van der Waals surface area contributed by atoms with E-state index in [1.165, 1.54) is 0 Å². The Kier molecular flexibility index (Phi) is 7.53. The maximum Gasteiger partial charge on any atom is 0.410 e. The molecule has 136 valence electrons. The Morgan fingerprint density at radius 3 is 2.58 bits per heavy atom. The number of amides is 2. The van der Waals surface area contributed by atoms with E-state index in [2.05, 4.69) is 19.2 Å². The zero-order valence-corrected chi connectivity index (χ0v) is 15.6. The number of nitriles is 1. The van der Waals surface area contributed by atoms with Gasteiger partial charge in [0.2, 0.25) is 5.91 Å². The molecule has 1 aliphatic heterocycles. The van der Waals surface area contributed by atoms with Crippen molar-refractivity contribution in [2.24, 2.45) is 17.8 Å². The molecule has 1 heterocycles. The van der Waals surface area contributed by atoms with Crippen LogP contribution in [0.3, 0.4) is 0 Å². The molecular formula is C18H31N3O3. The monoisotopic (exact) mass is 337 g/mol. The van der Waals surface area contributed by atoms with Crippen LogP contribution < -0.4 is 5.32 Å². The quantitative estimate of drug-likeness (QED) is 0.858. The highest BCUT2D eigenvalue weighted by Crippen LogP contribution is 2.27. The molecule has 1 fully saturated rings. The van der Waals surface area contributed by atoms with Gasteiger partial charge >= 0.3 is 6.09 Å². The summed E-state index contributed by atoms with van der Waals surface area (Å²) < 4.78 is 5.51. The van der Waals surface area contributed by atoms with Crippen LogP contribution in [0.4, 0.5) is 4.79 Å². The Balaban J connectivity index is 2.76. The lowest BCUT2D eigenvalue weighted by Gasteiger charge is -2.36. The van der Waals surface area contributed by atoms with Crippen LogP contribution in [0, 0.1) is 29.1 Å². The lowest BCUT2D eigenvalue weighted by molar-refractivity contribution is -0.120. The molecule has 1 aliphatic rings. The van der Waals surface area contributed by atoms with Gasteiger partial charge in [-0.3, -0.25) is 4.79 Å². The largest absolute Gasteiger partial charge is 0.444 e. The fourth-order valence-electron chi connectivity index (χ4n) is 3.01. The van der Waals surface area contributed by atoms with Gasteiger partial charge < -0.3 is 15.0 Å². The van der Waals surface area contributed by atoms with Gasteiger partial charge in [0, 0.05) is 19.6 Å². The number of hydrogen-bond donors (Lipinski definition) is 1. The van der Waals surface area contributed by atoms with Crippen LogP contribution >= 0.6 is 0 Å². The number of carbonyl (C=O) groups excluding carboxylic acids is 2. The number of likely N-dealkylation sites (tertiary alicyclic amines) is 1. The first-order chi connectivity index (χ1) is 11.1. The van der Waals surface area contributed by atoms with Crippen LogP contribution in [0.5, 0.6) is 0 Å². The number of ether oxygens (including phenoxy) is 1. The molecule has 1 N–H and O–H groups in total. The van der Waals surface area contributed by atoms with E-state index in [0.29, 0.717) is 31.5 Å². The summed E-state index contributed by atoms with van der Waals surface area (Å²) in [6.45, 7) is 11.7. The van der Waals surface area contributed by atoms with E-state index >= 15 is 0 Å². The van der Waals surface area contributed by atoms with Crippen molar-refractivity contribution < 1.29 is 14.3 Å². The third-order valence-corrected chi connectivity index (χ3v) is 4.38. The smallest absolute Gasteiger partial charge is 0.410 e. The van der Waals surface area contributed by atoms with Crippen LogP contribution in [0.15, 0.2) is 0 Å². The second-order valence-electron chi connectivity index (χ2n) is 7.93. The van der Waals surface area contributed by atoms with E-state index in [4.69, 9.17) is 10.00 Å². The molecule has 24 heavy (non-hydrogen) atoms. The van der Waals surface area contributed by atoms with Gasteiger partial charge in [0.05, 0.1) is 6.07 Å². The Morgan fingerprint density at radius 1 is 1.33 bits per heavy atom. The Bertz CT molecular complexity index is 479. The van der Waals surface area contributed by atoms with E-state index in [1.54, 1.807) is 4.90 Å². The van der Waals surface area contributed by atoms with Gasteiger partial charge in [0.15, 0.2) is 0 Å². The zero-order valence-electron chi connectivity index (χ0n) is 15.6. The molecule has 0 radical (unpaired) electrons. The summed E-state index contributed by atoms with van der Waals surface area (Å²) in [5.41, 5.74) is -0.521. The standard InChI is InChI=1S/C18H31N3O3/c1-13-7-9-21(17(23)24-18(3,4)5)12-15(14(2)10-13)11-20-16(22)6-8-19/h13-15H,6-7,9-12H2,1-5H3,(H,20,22). The number of rotatable bonds is 3. The molecule has 2 amide bonds. The van der Waals surface area contributed by atoms with E-state index in [1.807, 2.05) is 26.8 Å². The van der Waals surface area contributed by atoms with E-state index in [-0.39, 0.29) is 24.3 Å². The highest BCUT2D eigenvalue weighted by molar-refractivity contribution is 5.77. The minimum Gasteiger partial charge on any atom is -0.444 e. The van der Waals surface area contributed by atoms with Crippen LogP contribution in [0.1, 0.15) is 53.9 Å². The molecule has 1 rings (SSSR count). The summed E-state index contributed by atoms with van der Waals surface area (Å²) >= 11 is 0. The number of nitrogens with zero attached hydrogens (tertiary/aromatic N) is 2. The highest BCUT2D eigenvalue weighted by Gasteiger charge is 2.30. The SMILES string of the molecule is CC1CCN(C(=O)OC(C)(C)C)CC(CNC(=O)CC#N)C(C)C1. The molecule has 0 aromatic rings. The zero-order chi connectivity index (χ0) is 18.3. The first-order valence-corrected chi connectivity index (χ1v) is 8.74. The molecule has 3 unspecified atom stereocenters. The fourth-order valence-corrected chi connectivity index (χ4v) is 3.01. The molecule has 3 atom stereocenters. The number of nitrogens with one attached hydrogen (secondary N) is 1. The topological polar surface area (TPSA) is 82.4 Å². The molecule has 0 aromatic heterocycles. The summed E-state index contributed by atoms with van der Waals surface area (Å²) in [7, 11) is 0. The van der Waals surface area contributed by atoms with Crippen molar-refractivity contribution >= 4 is 12.0 Å². The summed E-state index contributed by atoms with van der Waals surface area (Å²) in [4.78, 5) is 25.8. The van der Waals surface area contributed by atoms with Gasteiger partial charge in [-0.05, 0) is 51.4 Å². The van der Waals surface area contributed by atoms with Crippen LogP contribution in [0.25, 0.3) is 0 Å². The maximum atomic E-state index is 12.5. The lowest BCUT2D eigenvalue weighted by atomic mass is 9.83. The minimum atomic E-state index is -0.521. The normalized spacial score (nSPS) is 25.2. The molecule has 6 heteroatoms. The van der Waals surface area contributed by atoms with Crippen molar-refractivity contribution in [3.05, 3.63) is 0 Å². The molecule has 6 nitrogen and oxygen atoms in total. The Morgan fingerprint density at radius 2 is 2.00 bits per heavy atom. The highest BCUT2D eigenvalue weighted by atomic mass is 16.6. The van der Waals surface area contributed by atoms with Crippen molar-refractivity contribution in [2.75, 3.05) is 19.6 Å². The maximum absolute atomic E-state index is 12.5. The van der Waals surface area contributed by atoms with Crippen LogP contribution in [0.2, 0.25) is 0 Å². The molecule has 0 spiro atoms. The molecular weight excluding hydrogens is 306 g/mol. The second kappa shape index (κ2) is 8.91. The van der Waals surface area contributed by atoms with Gasteiger partial charge in [-0.25, -0.2) is 4.79 Å². The molecule has 0 bridgehead atoms. The number of carbonyl (C=O) groups is 2. The second-order valence-corrected chi connectivity index (χ2v) is 7.93. The Hall–Kier alpha value is -1.77. The first kappa shape index (κ1) is 20.3. The van der Waals surface area contributed by atoms with Gasteiger partial charge in [-0.15, -0.1) is 0 Å². The average Bonchev–Trinajstić information content (AvgIpc) is 2.43. The summed E-state index contributed by atoms with van der Waals surface area (Å²) in [6.07, 6.45) is 1.60. The lowest BCUT2D eigenvalue weighted by Crippen LogP contribution is -2.46. The molecule has 0 aliphatic carbocycles. The Labute approximate surface area is 145 Å². The van der Waals surface area contributed by atoms with Crippen LogP contribution in [-0.2, 0) is 9.53 Å². The van der Waals surface area contributed by atoms with Gasteiger partial charge in [0.1, 0.15) is 12.0 Å². The fraction of sp³-hybridized carbons (Fsp3) is 0.833. The van der Waals surface area contributed by atoms with Gasteiger partial charge in [-0.1, -0.05) is 13.8 Å². The molecule has 0 aromatic carbocycles. The number of hydrogen-bond acceptors (Lipinski definition) is 4. The predicted molar refractivity (Wildman–Crippen MR) is 92.1 cm³/mol. The van der Waals surface area contributed by atoms with E-state index in [0.717, 1.165) is 12.8 Å². The summed E-state index contributed by atoms with van der Waals surface area (Å²) in [6, 6.07) is 1.85. The summed E-state index contributed by atoms with van der Waals surface area (Å²) in [5.74, 6) is 0.793. The van der Waals surface area contributed by atoms with Crippen molar-refractivity contribution in [3.8, 4) is 6.07 Å².